The molecule has 2 rings (SSSR count). The van der Waals surface area contributed by atoms with E-state index < -0.39 is 6.10 Å². The second-order valence-corrected chi connectivity index (χ2v) is 6.62. The zero-order valence-corrected chi connectivity index (χ0v) is 15.6. The van der Waals surface area contributed by atoms with Crippen molar-refractivity contribution in [2.45, 2.75) is 25.5 Å². The van der Waals surface area contributed by atoms with E-state index in [1.54, 1.807) is 12.1 Å². The van der Waals surface area contributed by atoms with Gasteiger partial charge in [0, 0.05) is 24.2 Å². The van der Waals surface area contributed by atoms with E-state index in [2.05, 4.69) is 29.7 Å². The largest absolute Gasteiger partial charge is 0.492 e. The number of nitrogens with one attached hydrogen (secondary N) is 2. The van der Waals surface area contributed by atoms with Crippen LogP contribution in [0.5, 0.6) is 5.75 Å². The molecule has 3 N–H and O–H groups in total. The van der Waals surface area contributed by atoms with Crippen molar-refractivity contribution in [2.24, 2.45) is 0 Å². The van der Waals surface area contributed by atoms with Gasteiger partial charge in [0.2, 0.25) is 0 Å². The molecular weight excluding hydrogens is 336 g/mol. The van der Waals surface area contributed by atoms with Crippen LogP contribution in [0.3, 0.4) is 0 Å². The molecule has 0 heterocycles. The molecule has 0 saturated heterocycles. The molecule has 0 amide bonds. The molecule has 25 heavy (non-hydrogen) atoms. The van der Waals surface area contributed by atoms with Crippen molar-refractivity contribution in [3.8, 4) is 5.75 Å². The first kappa shape index (κ1) is 19.7. The smallest absolute Gasteiger partial charge is 0.119 e. The average molecular weight is 363 g/mol. The van der Waals surface area contributed by atoms with Gasteiger partial charge in [-0.15, -0.1) is 0 Å². The van der Waals surface area contributed by atoms with Crippen LogP contribution in [0.4, 0.5) is 0 Å². The molecule has 4 nitrogen and oxygen atoms in total. The van der Waals surface area contributed by atoms with Crippen LogP contribution in [0, 0.1) is 0 Å². The second kappa shape index (κ2) is 10.4. The number of aliphatic hydroxyl groups is 1. The first-order valence-electron chi connectivity index (χ1n) is 8.61. The van der Waals surface area contributed by atoms with Crippen molar-refractivity contribution in [2.75, 3.05) is 26.7 Å². The van der Waals surface area contributed by atoms with Gasteiger partial charge in [0.05, 0.1) is 6.10 Å². The molecule has 0 bridgehead atoms. The fourth-order valence-corrected chi connectivity index (χ4v) is 2.76. The van der Waals surface area contributed by atoms with Gasteiger partial charge in [-0.2, -0.15) is 0 Å². The topological polar surface area (TPSA) is 53.5 Å². The molecule has 5 heteroatoms. The summed E-state index contributed by atoms with van der Waals surface area (Å²) in [6.45, 7) is 4.10. The minimum Gasteiger partial charge on any atom is -0.492 e. The Morgan fingerprint density at radius 3 is 2.60 bits per heavy atom. The van der Waals surface area contributed by atoms with E-state index in [0.29, 0.717) is 18.2 Å². The second-order valence-electron chi connectivity index (χ2n) is 6.18. The van der Waals surface area contributed by atoms with Crippen molar-refractivity contribution in [3.63, 3.8) is 0 Å². The molecule has 0 saturated carbocycles. The van der Waals surface area contributed by atoms with Crippen LogP contribution in [0.2, 0.25) is 5.02 Å². The van der Waals surface area contributed by atoms with Crippen molar-refractivity contribution < 1.29 is 9.84 Å². The van der Waals surface area contributed by atoms with E-state index in [1.165, 1.54) is 5.56 Å². The Morgan fingerprint density at radius 2 is 1.92 bits per heavy atom. The van der Waals surface area contributed by atoms with Crippen molar-refractivity contribution >= 4 is 11.6 Å². The van der Waals surface area contributed by atoms with Crippen LogP contribution >= 0.6 is 11.6 Å². The maximum atomic E-state index is 10.3. The normalized spacial score (nSPS) is 13.4. The van der Waals surface area contributed by atoms with E-state index in [9.17, 15) is 5.11 Å². The Hall–Kier alpha value is -1.59. The van der Waals surface area contributed by atoms with Crippen LogP contribution in [0.1, 0.15) is 24.2 Å². The van der Waals surface area contributed by atoms with Crippen molar-refractivity contribution in [3.05, 3.63) is 64.7 Å². The highest BCUT2D eigenvalue weighted by Gasteiger charge is 2.10. The lowest BCUT2D eigenvalue weighted by Gasteiger charge is -2.18. The molecule has 2 atom stereocenters. The van der Waals surface area contributed by atoms with E-state index in [0.717, 1.165) is 24.3 Å². The average Bonchev–Trinajstić information content (AvgIpc) is 2.61. The Morgan fingerprint density at radius 1 is 1.16 bits per heavy atom. The number of ether oxygens (including phenoxy) is 1. The number of likely N-dealkylation sites (N-methyl/N-ethyl adjacent to an activating group) is 1. The third-order valence-corrected chi connectivity index (χ3v) is 4.21. The van der Waals surface area contributed by atoms with Crippen LogP contribution in [0.15, 0.2) is 48.5 Å². The number of aliphatic hydroxyl groups excluding tert-OH is 1. The van der Waals surface area contributed by atoms with Gasteiger partial charge in [0.25, 0.3) is 0 Å². The molecule has 0 aliphatic rings. The van der Waals surface area contributed by atoms with Crippen molar-refractivity contribution in [1.82, 2.24) is 10.6 Å². The Kier molecular flexibility index (Phi) is 8.22. The highest BCUT2D eigenvalue weighted by Crippen LogP contribution is 2.17. The summed E-state index contributed by atoms with van der Waals surface area (Å²) in [7, 11) is 1.91. The summed E-state index contributed by atoms with van der Waals surface area (Å²) in [6, 6.07) is 15.8. The predicted molar refractivity (Wildman–Crippen MR) is 103 cm³/mol. The molecule has 0 aromatic heterocycles. The van der Waals surface area contributed by atoms with Gasteiger partial charge >= 0.3 is 0 Å². The molecular formula is C20H27ClN2O2. The van der Waals surface area contributed by atoms with Gasteiger partial charge in [-0.1, -0.05) is 35.9 Å². The molecule has 0 radical (unpaired) electrons. The summed E-state index contributed by atoms with van der Waals surface area (Å²) < 4.78 is 5.62. The van der Waals surface area contributed by atoms with Gasteiger partial charge in [0.15, 0.2) is 0 Å². The summed E-state index contributed by atoms with van der Waals surface area (Å²) in [5.74, 6) is 0.885. The quantitative estimate of drug-likeness (QED) is 0.568. The molecule has 2 aromatic rings. The lowest BCUT2D eigenvalue weighted by atomic mass is 10.1. The minimum atomic E-state index is -0.566. The third-order valence-electron chi connectivity index (χ3n) is 3.98. The zero-order chi connectivity index (χ0) is 18.1. The number of halogens is 1. The summed E-state index contributed by atoms with van der Waals surface area (Å²) in [5.41, 5.74) is 2.06. The van der Waals surface area contributed by atoms with Crippen molar-refractivity contribution in [1.29, 1.82) is 0 Å². The van der Waals surface area contributed by atoms with Gasteiger partial charge in [-0.05, 0) is 55.8 Å². The fraction of sp³-hybridized carbons (Fsp3) is 0.400. The third kappa shape index (κ3) is 7.04. The summed E-state index contributed by atoms with van der Waals surface area (Å²) in [5, 5.41) is 17.3. The highest BCUT2D eigenvalue weighted by atomic mass is 35.5. The zero-order valence-electron chi connectivity index (χ0n) is 14.8. The highest BCUT2D eigenvalue weighted by molar-refractivity contribution is 6.30. The maximum Gasteiger partial charge on any atom is 0.119 e. The van der Waals surface area contributed by atoms with E-state index in [-0.39, 0.29) is 6.04 Å². The predicted octanol–water partition coefficient (Wildman–Crippen LogP) is 3.19. The van der Waals surface area contributed by atoms with Crippen LogP contribution in [0.25, 0.3) is 0 Å². The van der Waals surface area contributed by atoms with Gasteiger partial charge in [-0.3, -0.25) is 0 Å². The van der Waals surface area contributed by atoms with Crippen LogP contribution < -0.4 is 15.4 Å². The van der Waals surface area contributed by atoms with E-state index in [4.69, 9.17) is 16.3 Å². The molecule has 2 unspecified atom stereocenters. The number of hydrogen-bond acceptors (Lipinski definition) is 4. The van der Waals surface area contributed by atoms with Gasteiger partial charge in [0.1, 0.15) is 12.4 Å². The van der Waals surface area contributed by atoms with Crippen LogP contribution in [-0.4, -0.2) is 37.9 Å². The number of rotatable bonds is 10. The lowest BCUT2D eigenvalue weighted by molar-refractivity contribution is 0.170. The van der Waals surface area contributed by atoms with E-state index >= 15 is 0 Å². The lowest BCUT2D eigenvalue weighted by Crippen LogP contribution is -2.32. The molecule has 0 spiro atoms. The van der Waals surface area contributed by atoms with Gasteiger partial charge < -0.3 is 20.5 Å². The maximum absolute atomic E-state index is 10.3. The SMILES string of the molecule is CNCCOc1ccc(CC(C)NCC(O)c2cccc(Cl)c2)cc1. The first-order valence-corrected chi connectivity index (χ1v) is 8.99. The fourth-order valence-electron chi connectivity index (χ4n) is 2.56. The summed E-state index contributed by atoms with van der Waals surface area (Å²) in [6.07, 6.45) is 0.322. The van der Waals surface area contributed by atoms with E-state index in [1.807, 2.05) is 31.3 Å². The monoisotopic (exact) mass is 362 g/mol. The number of benzene rings is 2. The number of hydrogen-bond donors (Lipinski definition) is 3. The molecule has 0 fully saturated rings. The Balaban J connectivity index is 1.76. The first-order chi connectivity index (χ1) is 12.1. The minimum absolute atomic E-state index is 0.255. The molecule has 2 aromatic carbocycles. The molecule has 136 valence electrons. The standard InChI is InChI=1S/C20H27ClN2O2/c1-15(23-14-20(24)17-4-3-5-18(21)13-17)12-16-6-8-19(9-7-16)25-11-10-22-2/h3-9,13,15,20,22-24H,10-12,14H2,1-2H3. The Bertz CT molecular complexity index is 634. The summed E-state index contributed by atoms with van der Waals surface area (Å²) >= 11 is 5.97. The summed E-state index contributed by atoms with van der Waals surface area (Å²) in [4.78, 5) is 0. The van der Waals surface area contributed by atoms with Gasteiger partial charge in [-0.25, -0.2) is 0 Å². The Labute approximate surface area is 155 Å². The van der Waals surface area contributed by atoms with Crippen LogP contribution in [-0.2, 0) is 6.42 Å². The molecule has 0 aliphatic carbocycles. The molecule has 0 aliphatic heterocycles.